The van der Waals surface area contributed by atoms with Crippen LogP contribution in [0.1, 0.15) is 50.6 Å². The van der Waals surface area contributed by atoms with Crippen molar-refractivity contribution in [2.75, 3.05) is 20.6 Å². The molecule has 118 valence electrons. The molecule has 0 bridgehead atoms. The summed E-state index contributed by atoms with van der Waals surface area (Å²) in [6.07, 6.45) is 6.17. The first-order chi connectivity index (χ1) is 9.93. The second-order valence-corrected chi connectivity index (χ2v) is 6.48. The molecule has 1 aromatic rings. The fourth-order valence-electron chi connectivity index (χ4n) is 3.28. The second kappa shape index (κ2) is 6.84. The summed E-state index contributed by atoms with van der Waals surface area (Å²) in [5.74, 6) is -1.03. The van der Waals surface area contributed by atoms with Crippen molar-refractivity contribution in [3.05, 3.63) is 35.4 Å². The second-order valence-electron chi connectivity index (χ2n) is 6.48. The normalized spacial score (nSPS) is 19.7. The van der Waals surface area contributed by atoms with Gasteiger partial charge in [-0.3, -0.25) is 0 Å². The predicted octanol–water partition coefficient (Wildman–Crippen LogP) is 3.88. The lowest BCUT2D eigenvalue weighted by Gasteiger charge is -2.44. The summed E-state index contributed by atoms with van der Waals surface area (Å²) in [5, 5.41) is 3.47. The molecule has 0 aromatic heterocycles. The van der Waals surface area contributed by atoms with E-state index in [1.165, 1.54) is 44.2 Å². The van der Waals surface area contributed by atoms with Crippen LogP contribution in [-0.2, 0) is 0 Å². The number of nitrogens with zero attached hydrogens (tertiary/aromatic N) is 1. The van der Waals surface area contributed by atoms with E-state index in [0.29, 0.717) is 5.56 Å². The topological polar surface area (TPSA) is 15.3 Å². The zero-order valence-corrected chi connectivity index (χ0v) is 13.3. The minimum atomic E-state index is -0.515. The van der Waals surface area contributed by atoms with Gasteiger partial charge < -0.3 is 10.2 Å². The summed E-state index contributed by atoms with van der Waals surface area (Å²) in [5.41, 5.74) is 0.829. The maximum atomic E-state index is 13.3. The first-order valence-electron chi connectivity index (χ1n) is 7.80. The lowest BCUT2D eigenvalue weighted by Crippen LogP contribution is -2.53. The molecule has 1 aliphatic carbocycles. The van der Waals surface area contributed by atoms with E-state index in [9.17, 15) is 8.78 Å². The van der Waals surface area contributed by atoms with Gasteiger partial charge in [-0.05, 0) is 51.6 Å². The maximum Gasteiger partial charge on any atom is 0.126 e. The highest BCUT2D eigenvalue weighted by atomic mass is 19.1. The zero-order chi connectivity index (χ0) is 15.5. The first-order valence-corrected chi connectivity index (χ1v) is 7.80. The summed E-state index contributed by atoms with van der Waals surface area (Å²) in [6.45, 7) is 2.81. The standard InChI is InChI=1S/C17H26F2N2/c1-13(14-9-15(18)11-16(19)10-14)20-12-17(21(2)3)7-5-4-6-8-17/h9-11,13,20H,4-8,12H2,1-3H3. The van der Waals surface area contributed by atoms with E-state index >= 15 is 0 Å². The first kappa shape index (κ1) is 16.4. The van der Waals surface area contributed by atoms with Gasteiger partial charge in [0.05, 0.1) is 0 Å². The van der Waals surface area contributed by atoms with Crippen LogP contribution in [-0.4, -0.2) is 31.1 Å². The molecule has 1 fully saturated rings. The molecule has 0 amide bonds. The largest absolute Gasteiger partial charge is 0.308 e. The Morgan fingerprint density at radius 1 is 1.10 bits per heavy atom. The molecule has 2 nitrogen and oxygen atoms in total. The van der Waals surface area contributed by atoms with E-state index in [1.807, 2.05) is 6.92 Å². The SMILES string of the molecule is CC(NCC1(N(C)C)CCCCC1)c1cc(F)cc(F)c1. The van der Waals surface area contributed by atoms with Crippen LogP contribution in [0.2, 0.25) is 0 Å². The van der Waals surface area contributed by atoms with Gasteiger partial charge in [0.25, 0.3) is 0 Å². The summed E-state index contributed by atoms with van der Waals surface area (Å²) >= 11 is 0. The van der Waals surface area contributed by atoms with Crippen LogP contribution >= 0.6 is 0 Å². The number of hydrogen-bond donors (Lipinski definition) is 1. The average molecular weight is 296 g/mol. The minimum absolute atomic E-state index is 0.0612. The molecule has 1 aromatic carbocycles. The lowest BCUT2D eigenvalue weighted by molar-refractivity contribution is 0.0958. The van der Waals surface area contributed by atoms with Gasteiger partial charge in [-0.15, -0.1) is 0 Å². The summed E-state index contributed by atoms with van der Waals surface area (Å²) in [6, 6.07) is 3.67. The van der Waals surface area contributed by atoms with Crippen LogP contribution < -0.4 is 5.32 Å². The van der Waals surface area contributed by atoms with Crippen molar-refractivity contribution in [3.8, 4) is 0 Å². The van der Waals surface area contributed by atoms with E-state index in [-0.39, 0.29) is 11.6 Å². The van der Waals surface area contributed by atoms with Gasteiger partial charge in [0.15, 0.2) is 0 Å². The highest BCUT2D eigenvalue weighted by molar-refractivity contribution is 5.21. The van der Waals surface area contributed by atoms with E-state index in [2.05, 4.69) is 24.3 Å². The predicted molar refractivity (Wildman–Crippen MR) is 82.3 cm³/mol. The van der Waals surface area contributed by atoms with Crippen LogP contribution in [0, 0.1) is 11.6 Å². The van der Waals surface area contributed by atoms with Crippen LogP contribution in [0.25, 0.3) is 0 Å². The quantitative estimate of drug-likeness (QED) is 0.887. The molecule has 4 heteroatoms. The molecule has 1 N–H and O–H groups in total. The Morgan fingerprint density at radius 2 is 1.67 bits per heavy atom. The smallest absolute Gasteiger partial charge is 0.126 e. The van der Waals surface area contributed by atoms with Crippen molar-refractivity contribution in [3.63, 3.8) is 0 Å². The van der Waals surface area contributed by atoms with Crippen LogP contribution in [0.15, 0.2) is 18.2 Å². The van der Waals surface area contributed by atoms with Crippen LogP contribution in [0.4, 0.5) is 8.78 Å². The summed E-state index contributed by atoms with van der Waals surface area (Å²) in [4.78, 5) is 2.30. The highest BCUT2D eigenvalue weighted by Crippen LogP contribution is 2.32. The Balaban J connectivity index is 2.03. The molecule has 1 unspecified atom stereocenters. The van der Waals surface area contributed by atoms with Crippen molar-refractivity contribution in [1.82, 2.24) is 10.2 Å². The van der Waals surface area contributed by atoms with Gasteiger partial charge in [-0.2, -0.15) is 0 Å². The molecule has 0 heterocycles. The van der Waals surface area contributed by atoms with Gasteiger partial charge in [-0.25, -0.2) is 8.78 Å². The molecule has 0 aliphatic heterocycles. The molecule has 1 aliphatic rings. The van der Waals surface area contributed by atoms with Crippen molar-refractivity contribution in [2.45, 2.75) is 50.6 Å². The summed E-state index contributed by atoms with van der Waals surface area (Å²) in [7, 11) is 4.25. The Kier molecular flexibility index (Phi) is 5.33. The number of benzene rings is 1. The monoisotopic (exact) mass is 296 g/mol. The van der Waals surface area contributed by atoms with E-state index < -0.39 is 11.6 Å². The maximum absolute atomic E-state index is 13.3. The highest BCUT2D eigenvalue weighted by Gasteiger charge is 2.34. The van der Waals surface area contributed by atoms with E-state index in [4.69, 9.17) is 0 Å². The third-order valence-electron chi connectivity index (χ3n) is 4.86. The molecular formula is C17H26F2N2. The van der Waals surface area contributed by atoms with Crippen molar-refractivity contribution in [2.24, 2.45) is 0 Å². The molecule has 0 saturated heterocycles. The number of likely N-dealkylation sites (N-methyl/N-ethyl adjacent to an activating group) is 1. The molecule has 1 saturated carbocycles. The molecular weight excluding hydrogens is 270 g/mol. The zero-order valence-electron chi connectivity index (χ0n) is 13.3. The minimum Gasteiger partial charge on any atom is -0.308 e. The van der Waals surface area contributed by atoms with E-state index in [0.717, 1.165) is 12.6 Å². The Hall–Kier alpha value is -1.00. The number of rotatable bonds is 5. The van der Waals surface area contributed by atoms with E-state index in [1.54, 1.807) is 0 Å². The van der Waals surface area contributed by atoms with Crippen LogP contribution in [0.3, 0.4) is 0 Å². The summed E-state index contributed by atoms with van der Waals surface area (Å²) < 4.78 is 26.6. The molecule has 0 spiro atoms. The average Bonchev–Trinajstić information content (AvgIpc) is 2.44. The third kappa shape index (κ3) is 4.01. The number of nitrogens with one attached hydrogen (secondary N) is 1. The fourth-order valence-corrected chi connectivity index (χ4v) is 3.28. The van der Waals surface area contributed by atoms with Gasteiger partial charge in [0.1, 0.15) is 11.6 Å². The number of halogens is 2. The van der Waals surface area contributed by atoms with Crippen molar-refractivity contribution in [1.29, 1.82) is 0 Å². The number of hydrogen-bond acceptors (Lipinski definition) is 2. The van der Waals surface area contributed by atoms with Crippen molar-refractivity contribution < 1.29 is 8.78 Å². The molecule has 2 rings (SSSR count). The molecule has 0 radical (unpaired) electrons. The van der Waals surface area contributed by atoms with Gasteiger partial charge in [0, 0.05) is 24.2 Å². The van der Waals surface area contributed by atoms with Gasteiger partial charge >= 0.3 is 0 Å². The Labute approximate surface area is 126 Å². The fraction of sp³-hybridized carbons (Fsp3) is 0.647. The van der Waals surface area contributed by atoms with Gasteiger partial charge in [-0.1, -0.05) is 19.3 Å². The van der Waals surface area contributed by atoms with Crippen LogP contribution in [0.5, 0.6) is 0 Å². The molecule has 21 heavy (non-hydrogen) atoms. The molecule has 1 atom stereocenters. The third-order valence-corrected chi connectivity index (χ3v) is 4.86. The Morgan fingerprint density at radius 3 is 2.19 bits per heavy atom. The van der Waals surface area contributed by atoms with Crippen molar-refractivity contribution >= 4 is 0 Å². The van der Waals surface area contributed by atoms with Gasteiger partial charge in [0.2, 0.25) is 0 Å². The Bertz CT molecular complexity index is 448. The lowest BCUT2D eigenvalue weighted by atomic mass is 9.80.